The molecular formula is C30H39ClN2O6. The van der Waals surface area contributed by atoms with E-state index in [2.05, 4.69) is 13.2 Å². The molecule has 4 rings (SSSR count). The van der Waals surface area contributed by atoms with Crippen molar-refractivity contribution in [3.05, 3.63) is 54.6 Å². The van der Waals surface area contributed by atoms with Gasteiger partial charge in [-0.25, -0.2) is 0 Å². The van der Waals surface area contributed by atoms with Crippen molar-refractivity contribution >= 4 is 35.1 Å². The SMILES string of the molecule is C=CCCCCOC(=O)[C@@H]1[C@H]2C(=O)N(CCCO)C(C(=O)N(CC=C)c3ccc(Cl)cc3)C23CC(C)[C@@]1(C)O3. The molecule has 1 aromatic rings. The third kappa shape index (κ3) is 5.03. The standard InChI is InChI=1S/C30H39ClN2O6/c1-5-7-8-9-18-38-28(37)24-23-26(35)33(16-10-17-34)25(30(23)19-20(3)29(24,4)39-30)27(36)32(15-6-2)22-13-11-21(31)12-14-22/h5-6,11-14,20,23-25,34H,1-2,7-10,15-19H2,3-4H3/t20?,23-,24-,25?,29+,30?/m0/s1. The first-order valence-corrected chi connectivity index (χ1v) is 14.1. The van der Waals surface area contributed by atoms with Crippen LogP contribution in [-0.4, -0.2) is 71.3 Å². The second-order valence-corrected chi connectivity index (χ2v) is 11.4. The Morgan fingerprint density at radius 1 is 1.23 bits per heavy atom. The summed E-state index contributed by atoms with van der Waals surface area (Å²) in [7, 11) is 0. The van der Waals surface area contributed by atoms with E-state index < -0.39 is 35.0 Å². The van der Waals surface area contributed by atoms with Crippen molar-refractivity contribution in [1.82, 2.24) is 4.90 Å². The number of ether oxygens (including phenoxy) is 2. The number of carbonyl (C=O) groups is 3. The van der Waals surface area contributed by atoms with E-state index in [0.717, 1.165) is 12.8 Å². The molecule has 8 nitrogen and oxygen atoms in total. The Kier molecular flexibility index (Phi) is 8.88. The lowest BCUT2D eigenvalue weighted by Gasteiger charge is -2.37. The zero-order valence-electron chi connectivity index (χ0n) is 22.8. The van der Waals surface area contributed by atoms with Crippen LogP contribution in [0.15, 0.2) is 49.6 Å². The Bertz CT molecular complexity index is 1110. The van der Waals surface area contributed by atoms with Gasteiger partial charge in [-0.1, -0.05) is 30.7 Å². The summed E-state index contributed by atoms with van der Waals surface area (Å²) in [5.74, 6) is -2.84. The van der Waals surface area contributed by atoms with Gasteiger partial charge in [-0.3, -0.25) is 14.4 Å². The van der Waals surface area contributed by atoms with Gasteiger partial charge in [0.15, 0.2) is 0 Å². The molecule has 1 aromatic carbocycles. The van der Waals surface area contributed by atoms with Gasteiger partial charge in [0.2, 0.25) is 5.91 Å². The summed E-state index contributed by atoms with van der Waals surface area (Å²) in [5, 5.41) is 10.1. The van der Waals surface area contributed by atoms with Gasteiger partial charge in [0, 0.05) is 30.4 Å². The Hall–Kier alpha value is -2.68. The van der Waals surface area contributed by atoms with Crippen LogP contribution in [0.25, 0.3) is 0 Å². The molecule has 3 unspecified atom stereocenters. The molecule has 212 valence electrons. The van der Waals surface area contributed by atoms with Crippen LogP contribution in [0.3, 0.4) is 0 Å². The van der Waals surface area contributed by atoms with Crippen molar-refractivity contribution in [2.45, 2.75) is 63.2 Å². The summed E-state index contributed by atoms with van der Waals surface area (Å²) >= 11 is 6.09. The summed E-state index contributed by atoms with van der Waals surface area (Å²) in [4.78, 5) is 45.1. The van der Waals surface area contributed by atoms with Crippen molar-refractivity contribution in [2.24, 2.45) is 17.8 Å². The van der Waals surface area contributed by atoms with Gasteiger partial charge >= 0.3 is 5.97 Å². The lowest BCUT2D eigenvalue weighted by atomic mass is 9.62. The number of hydrogen-bond acceptors (Lipinski definition) is 6. The maximum atomic E-state index is 14.4. The summed E-state index contributed by atoms with van der Waals surface area (Å²) < 4.78 is 12.4. The van der Waals surface area contributed by atoms with Crippen LogP contribution in [0.1, 0.15) is 46.0 Å². The molecule has 2 bridgehead atoms. The van der Waals surface area contributed by atoms with E-state index in [0.29, 0.717) is 30.0 Å². The number of allylic oxidation sites excluding steroid dienone is 1. The van der Waals surface area contributed by atoms with Crippen LogP contribution in [0.5, 0.6) is 0 Å². The van der Waals surface area contributed by atoms with Gasteiger partial charge in [0.25, 0.3) is 5.91 Å². The molecule has 6 atom stereocenters. The summed E-state index contributed by atoms with van der Waals surface area (Å²) in [6.45, 7) is 11.9. The largest absolute Gasteiger partial charge is 0.465 e. The fraction of sp³-hybridized carbons (Fsp3) is 0.567. The zero-order chi connectivity index (χ0) is 28.4. The van der Waals surface area contributed by atoms with Crippen LogP contribution >= 0.6 is 11.6 Å². The van der Waals surface area contributed by atoms with E-state index in [4.69, 9.17) is 21.1 Å². The number of unbranched alkanes of at least 4 members (excludes halogenated alkanes) is 2. The molecule has 3 saturated heterocycles. The predicted molar refractivity (Wildman–Crippen MR) is 149 cm³/mol. The topological polar surface area (TPSA) is 96.4 Å². The number of fused-ring (bicyclic) bond motifs is 1. The fourth-order valence-electron chi connectivity index (χ4n) is 6.73. The molecule has 0 radical (unpaired) electrons. The molecule has 0 aromatic heterocycles. The van der Waals surface area contributed by atoms with Crippen molar-refractivity contribution in [2.75, 3.05) is 31.2 Å². The first-order valence-electron chi connectivity index (χ1n) is 13.7. The van der Waals surface area contributed by atoms with Crippen LogP contribution < -0.4 is 4.90 Å². The number of carbonyl (C=O) groups excluding carboxylic acids is 3. The second kappa shape index (κ2) is 11.8. The second-order valence-electron chi connectivity index (χ2n) is 11.0. The minimum Gasteiger partial charge on any atom is -0.465 e. The Morgan fingerprint density at radius 2 is 1.95 bits per heavy atom. The van der Waals surface area contributed by atoms with E-state index in [1.165, 1.54) is 4.90 Å². The van der Waals surface area contributed by atoms with Gasteiger partial charge in [0.1, 0.15) is 17.6 Å². The van der Waals surface area contributed by atoms with Crippen LogP contribution in [0, 0.1) is 17.8 Å². The lowest BCUT2D eigenvalue weighted by Crippen LogP contribution is -2.57. The number of esters is 1. The molecule has 39 heavy (non-hydrogen) atoms. The van der Waals surface area contributed by atoms with Crippen LogP contribution in [-0.2, 0) is 23.9 Å². The number of aliphatic hydroxyl groups excluding tert-OH is 1. The molecule has 0 aliphatic carbocycles. The highest BCUT2D eigenvalue weighted by atomic mass is 35.5. The molecule has 1 spiro atoms. The maximum absolute atomic E-state index is 14.4. The molecule has 2 amide bonds. The number of likely N-dealkylation sites (tertiary alicyclic amines) is 1. The smallest absolute Gasteiger partial charge is 0.312 e. The molecule has 3 aliphatic rings. The minimum atomic E-state index is -1.18. The van der Waals surface area contributed by atoms with Gasteiger partial charge in [-0.05, 0) is 69.2 Å². The quantitative estimate of drug-likeness (QED) is 0.222. The van der Waals surface area contributed by atoms with Crippen molar-refractivity contribution < 1.29 is 29.0 Å². The fourth-order valence-corrected chi connectivity index (χ4v) is 6.86. The number of hydrogen-bond donors (Lipinski definition) is 1. The average Bonchev–Trinajstić information content (AvgIpc) is 3.42. The highest BCUT2D eigenvalue weighted by molar-refractivity contribution is 6.30. The van der Waals surface area contributed by atoms with E-state index >= 15 is 0 Å². The number of anilines is 1. The molecule has 9 heteroatoms. The minimum absolute atomic E-state index is 0.0867. The highest BCUT2D eigenvalue weighted by Gasteiger charge is 2.80. The number of halogens is 1. The van der Waals surface area contributed by atoms with E-state index in [1.807, 2.05) is 19.9 Å². The summed E-state index contributed by atoms with van der Waals surface area (Å²) in [6, 6.07) is 5.93. The normalized spacial score (nSPS) is 30.8. The number of amides is 2. The number of nitrogens with zero attached hydrogens (tertiary/aromatic N) is 2. The predicted octanol–water partition coefficient (Wildman–Crippen LogP) is 4.15. The Labute approximate surface area is 235 Å². The number of benzene rings is 1. The molecule has 3 aliphatic heterocycles. The van der Waals surface area contributed by atoms with Gasteiger partial charge in [-0.2, -0.15) is 0 Å². The molecule has 1 N–H and O–H groups in total. The maximum Gasteiger partial charge on any atom is 0.312 e. The highest BCUT2D eigenvalue weighted by Crippen LogP contribution is 2.65. The third-order valence-corrected chi connectivity index (χ3v) is 8.87. The van der Waals surface area contributed by atoms with Gasteiger partial charge in [0.05, 0.1) is 18.1 Å². The van der Waals surface area contributed by atoms with Crippen LogP contribution in [0.4, 0.5) is 5.69 Å². The first-order chi connectivity index (χ1) is 18.7. The Morgan fingerprint density at radius 3 is 2.59 bits per heavy atom. The number of aliphatic hydroxyl groups is 1. The first kappa shape index (κ1) is 29.3. The van der Waals surface area contributed by atoms with E-state index in [-0.39, 0.29) is 44.0 Å². The third-order valence-electron chi connectivity index (χ3n) is 8.62. The van der Waals surface area contributed by atoms with Gasteiger partial charge in [-0.15, -0.1) is 13.2 Å². The average molecular weight is 559 g/mol. The van der Waals surface area contributed by atoms with Crippen molar-refractivity contribution in [3.8, 4) is 0 Å². The van der Waals surface area contributed by atoms with E-state index in [1.54, 1.807) is 35.2 Å². The zero-order valence-corrected chi connectivity index (χ0v) is 23.6. The van der Waals surface area contributed by atoms with Crippen LogP contribution in [0.2, 0.25) is 5.02 Å². The summed E-state index contributed by atoms with van der Waals surface area (Å²) in [5.41, 5.74) is -1.51. The molecule has 3 heterocycles. The van der Waals surface area contributed by atoms with Gasteiger partial charge < -0.3 is 24.4 Å². The van der Waals surface area contributed by atoms with Crippen molar-refractivity contribution in [3.63, 3.8) is 0 Å². The lowest BCUT2D eigenvalue weighted by molar-refractivity contribution is -0.161. The van der Waals surface area contributed by atoms with Crippen molar-refractivity contribution in [1.29, 1.82) is 0 Å². The summed E-state index contributed by atoms with van der Waals surface area (Å²) in [6.07, 6.45) is 6.59. The monoisotopic (exact) mass is 558 g/mol. The van der Waals surface area contributed by atoms with E-state index in [9.17, 15) is 19.5 Å². The molecular weight excluding hydrogens is 520 g/mol. The Balaban J connectivity index is 1.71. The molecule has 3 fully saturated rings. The molecule has 0 saturated carbocycles. The number of rotatable bonds is 13.